The molecule has 0 saturated heterocycles. The molecule has 2 amide bonds. The van der Waals surface area contributed by atoms with Crippen LogP contribution in [0.15, 0.2) is 0 Å². The van der Waals surface area contributed by atoms with Crippen molar-refractivity contribution >= 4 is 11.8 Å². The number of halogens is 3. The average Bonchev–Trinajstić information content (AvgIpc) is 2.14. The van der Waals surface area contributed by atoms with E-state index in [9.17, 15) is 22.8 Å². The lowest BCUT2D eigenvalue weighted by molar-refractivity contribution is -0.154. The molecule has 0 fully saturated rings. The standard InChI is InChI=1S/C10H18F3N3O2/c1-14(2)8(17)5-16(7-10(11,12)13)6-9(18)15(3)4/h5-7H2,1-4H3. The molecule has 0 rings (SSSR count). The topological polar surface area (TPSA) is 43.9 Å². The lowest BCUT2D eigenvalue weighted by Crippen LogP contribution is -2.46. The molecule has 0 atom stereocenters. The van der Waals surface area contributed by atoms with Crippen LogP contribution in [0.3, 0.4) is 0 Å². The second kappa shape index (κ2) is 6.58. The smallest absolute Gasteiger partial charge is 0.348 e. The molecular formula is C10H18F3N3O2. The summed E-state index contributed by atoms with van der Waals surface area (Å²) in [6, 6.07) is 0. The van der Waals surface area contributed by atoms with E-state index in [1.807, 2.05) is 0 Å². The van der Waals surface area contributed by atoms with E-state index in [4.69, 9.17) is 0 Å². The summed E-state index contributed by atoms with van der Waals surface area (Å²) in [4.78, 5) is 25.9. The van der Waals surface area contributed by atoms with Gasteiger partial charge < -0.3 is 9.80 Å². The van der Waals surface area contributed by atoms with Crippen molar-refractivity contribution in [3.05, 3.63) is 0 Å². The van der Waals surface area contributed by atoms with E-state index in [-0.39, 0.29) is 0 Å². The zero-order valence-electron chi connectivity index (χ0n) is 10.9. The second-order valence-electron chi connectivity index (χ2n) is 4.34. The van der Waals surface area contributed by atoms with Crippen LogP contribution in [0.2, 0.25) is 0 Å². The summed E-state index contributed by atoms with van der Waals surface area (Å²) in [5, 5.41) is 0. The number of carbonyl (C=O) groups excluding carboxylic acids is 2. The first-order valence-electron chi connectivity index (χ1n) is 5.22. The summed E-state index contributed by atoms with van der Waals surface area (Å²) in [6.45, 7) is -2.16. The molecule has 106 valence electrons. The van der Waals surface area contributed by atoms with Gasteiger partial charge in [0.25, 0.3) is 0 Å². The lowest BCUT2D eigenvalue weighted by Gasteiger charge is -2.25. The Kier molecular flexibility index (Phi) is 6.10. The minimum Gasteiger partial charge on any atom is -0.348 e. The van der Waals surface area contributed by atoms with Crippen molar-refractivity contribution in [1.82, 2.24) is 14.7 Å². The fourth-order valence-electron chi connectivity index (χ4n) is 1.09. The fourth-order valence-corrected chi connectivity index (χ4v) is 1.09. The molecule has 0 aliphatic heterocycles. The van der Waals surface area contributed by atoms with E-state index in [0.717, 1.165) is 4.90 Å². The molecule has 0 aromatic rings. The Morgan fingerprint density at radius 2 is 1.22 bits per heavy atom. The molecule has 0 unspecified atom stereocenters. The highest BCUT2D eigenvalue weighted by Gasteiger charge is 2.32. The van der Waals surface area contributed by atoms with Gasteiger partial charge in [-0.1, -0.05) is 0 Å². The molecule has 0 aromatic heterocycles. The van der Waals surface area contributed by atoms with Gasteiger partial charge in [0.1, 0.15) is 0 Å². The molecule has 0 bridgehead atoms. The second-order valence-corrected chi connectivity index (χ2v) is 4.34. The molecule has 0 aromatic carbocycles. The first kappa shape index (κ1) is 16.7. The zero-order valence-corrected chi connectivity index (χ0v) is 10.9. The predicted molar refractivity (Wildman–Crippen MR) is 59.9 cm³/mol. The Labute approximate surface area is 104 Å². The Morgan fingerprint density at radius 3 is 1.44 bits per heavy atom. The van der Waals surface area contributed by atoms with Crippen LogP contribution in [0.4, 0.5) is 13.2 Å². The van der Waals surface area contributed by atoms with E-state index in [2.05, 4.69) is 0 Å². The fraction of sp³-hybridized carbons (Fsp3) is 0.800. The molecule has 18 heavy (non-hydrogen) atoms. The van der Waals surface area contributed by atoms with Gasteiger partial charge in [0.05, 0.1) is 19.6 Å². The van der Waals surface area contributed by atoms with Gasteiger partial charge in [-0.3, -0.25) is 14.5 Å². The Morgan fingerprint density at radius 1 is 0.889 bits per heavy atom. The highest BCUT2D eigenvalue weighted by molar-refractivity contribution is 5.80. The van der Waals surface area contributed by atoms with Crippen LogP contribution in [0.1, 0.15) is 0 Å². The molecule has 8 heteroatoms. The third-order valence-corrected chi connectivity index (χ3v) is 2.12. The Balaban J connectivity index is 4.63. The molecule has 0 radical (unpaired) electrons. The summed E-state index contributed by atoms with van der Waals surface area (Å²) < 4.78 is 37.0. The Bertz CT molecular complexity index is 281. The van der Waals surface area contributed by atoms with Crippen molar-refractivity contribution in [1.29, 1.82) is 0 Å². The number of likely N-dealkylation sites (N-methyl/N-ethyl adjacent to an activating group) is 2. The SMILES string of the molecule is CN(C)C(=O)CN(CC(=O)N(C)C)CC(F)(F)F. The number of amides is 2. The first-order chi connectivity index (χ1) is 8.03. The van der Waals surface area contributed by atoms with E-state index < -0.39 is 37.6 Å². The number of carbonyl (C=O) groups is 2. The van der Waals surface area contributed by atoms with Gasteiger partial charge in [-0.2, -0.15) is 13.2 Å². The van der Waals surface area contributed by atoms with Crippen LogP contribution in [0.25, 0.3) is 0 Å². The summed E-state index contributed by atoms with van der Waals surface area (Å²) in [7, 11) is 5.79. The van der Waals surface area contributed by atoms with Crippen LogP contribution in [0.5, 0.6) is 0 Å². The van der Waals surface area contributed by atoms with Crippen LogP contribution >= 0.6 is 0 Å². The summed E-state index contributed by atoms with van der Waals surface area (Å²) in [5.41, 5.74) is 0. The van der Waals surface area contributed by atoms with Gasteiger partial charge >= 0.3 is 6.18 Å². The van der Waals surface area contributed by atoms with Crippen molar-refractivity contribution in [2.75, 3.05) is 47.8 Å². The minimum absolute atomic E-state index is 0.438. The number of alkyl halides is 3. The van der Waals surface area contributed by atoms with Crippen LogP contribution in [-0.4, -0.2) is 80.5 Å². The van der Waals surface area contributed by atoms with Gasteiger partial charge in [0, 0.05) is 28.2 Å². The number of nitrogens with zero attached hydrogens (tertiary/aromatic N) is 3. The van der Waals surface area contributed by atoms with Crippen molar-refractivity contribution in [3.8, 4) is 0 Å². The van der Waals surface area contributed by atoms with Gasteiger partial charge in [-0.05, 0) is 0 Å². The third-order valence-electron chi connectivity index (χ3n) is 2.12. The monoisotopic (exact) mass is 269 g/mol. The maximum atomic E-state index is 12.3. The van der Waals surface area contributed by atoms with Gasteiger partial charge in [0.15, 0.2) is 0 Å². The molecule has 0 saturated carbocycles. The van der Waals surface area contributed by atoms with E-state index >= 15 is 0 Å². The van der Waals surface area contributed by atoms with Gasteiger partial charge in [0.2, 0.25) is 11.8 Å². The predicted octanol–water partition coefficient (Wildman–Crippen LogP) is 0.0271. The average molecular weight is 269 g/mol. The molecule has 0 N–H and O–H groups in total. The quantitative estimate of drug-likeness (QED) is 0.707. The highest BCUT2D eigenvalue weighted by Crippen LogP contribution is 2.16. The van der Waals surface area contributed by atoms with Crippen LogP contribution in [0, 0.1) is 0 Å². The highest BCUT2D eigenvalue weighted by atomic mass is 19.4. The third kappa shape index (κ3) is 7.10. The molecule has 5 nitrogen and oxygen atoms in total. The summed E-state index contributed by atoms with van der Waals surface area (Å²) in [5.74, 6) is -0.961. The first-order valence-corrected chi connectivity index (χ1v) is 5.22. The normalized spacial score (nSPS) is 11.6. The van der Waals surface area contributed by atoms with E-state index in [0.29, 0.717) is 0 Å². The van der Waals surface area contributed by atoms with Crippen molar-refractivity contribution in [3.63, 3.8) is 0 Å². The molecule has 0 spiro atoms. The number of rotatable bonds is 5. The molecule has 0 heterocycles. The summed E-state index contributed by atoms with van der Waals surface area (Å²) >= 11 is 0. The van der Waals surface area contributed by atoms with Crippen molar-refractivity contribution in [2.24, 2.45) is 0 Å². The maximum absolute atomic E-state index is 12.3. The molecule has 0 aliphatic carbocycles. The van der Waals surface area contributed by atoms with Crippen LogP contribution < -0.4 is 0 Å². The molecular weight excluding hydrogens is 251 g/mol. The maximum Gasteiger partial charge on any atom is 0.401 e. The number of hydrogen-bond donors (Lipinski definition) is 0. The van der Waals surface area contributed by atoms with Crippen molar-refractivity contribution < 1.29 is 22.8 Å². The van der Waals surface area contributed by atoms with E-state index in [1.54, 1.807) is 0 Å². The molecule has 0 aliphatic rings. The Hall–Kier alpha value is -1.31. The minimum atomic E-state index is -4.45. The summed E-state index contributed by atoms with van der Waals surface area (Å²) in [6.07, 6.45) is -4.45. The lowest BCUT2D eigenvalue weighted by atomic mass is 10.4. The largest absolute Gasteiger partial charge is 0.401 e. The van der Waals surface area contributed by atoms with Crippen LogP contribution in [-0.2, 0) is 9.59 Å². The van der Waals surface area contributed by atoms with Gasteiger partial charge in [-0.15, -0.1) is 0 Å². The zero-order chi connectivity index (χ0) is 14.5. The van der Waals surface area contributed by atoms with Crippen molar-refractivity contribution in [2.45, 2.75) is 6.18 Å². The van der Waals surface area contributed by atoms with Gasteiger partial charge in [-0.25, -0.2) is 0 Å². The van der Waals surface area contributed by atoms with E-state index in [1.165, 1.54) is 38.0 Å². The number of hydrogen-bond acceptors (Lipinski definition) is 3.